The number of ether oxygens (including phenoxy) is 1. The van der Waals surface area contributed by atoms with Gasteiger partial charge in [-0.3, -0.25) is 4.79 Å². The maximum atomic E-state index is 13.2. The van der Waals surface area contributed by atoms with Crippen LogP contribution in [0.25, 0.3) is 0 Å². The van der Waals surface area contributed by atoms with Crippen molar-refractivity contribution in [1.29, 1.82) is 0 Å². The van der Waals surface area contributed by atoms with Crippen molar-refractivity contribution in [1.82, 2.24) is 15.1 Å². The second kappa shape index (κ2) is 8.71. The molecule has 0 unspecified atom stereocenters. The Labute approximate surface area is 181 Å². The molecule has 3 aliphatic rings. The Hall–Kier alpha value is -1.86. The molecule has 0 aliphatic carbocycles. The van der Waals surface area contributed by atoms with Crippen molar-refractivity contribution in [3.63, 3.8) is 0 Å². The van der Waals surface area contributed by atoms with Crippen LogP contribution < -0.4 is 10.1 Å². The predicted molar refractivity (Wildman–Crippen MR) is 112 cm³/mol. The molecule has 0 spiro atoms. The third-order valence-corrected chi connectivity index (χ3v) is 7.06. The van der Waals surface area contributed by atoms with Crippen molar-refractivity contribution in [2.45, 2.75) is 38.6 Å². The number of likely N-dealkylation sites (tertiary alicyclic amines) is 2. The lowest BCUT2D eigenvalue weighted by Crippen LogP contribution is -2.58. The number of piperidine rings is 3. The van der Waals surface area contributed by atoms with Crippen molar-refractivity contribution < 1.29 is 18.7 Å². The van der Waals surface area contributed by atoms with Gasteiger partial charge >= 0.3 is 6.03 Å². The minimum absolute atomic E-state index is 0.0683. The third-order valence-electron chi connectivity index (χ3n) is 6.77. The van der Waals surface area contributed by atoms with Crippen molar-refractivity contribution >= 4 is 23.4 Å². The number of ketones is 1. The molecule has 1 aromatic carbocycles. The number of Topliss-reactive ketones (excluding diaryl/α,β-unsaturated/α-hetero) is 1. The molecule has 0 bridgehead atoms. The molecular formula is C22H29ClFN3O3. The summed E-state index contributed by atoms with van der Waals surface area (Å²) in [4.78, 5) is 28.6. The van der Waals surface area contributed by atoms with Gasteiger partial charge in [0.1, 0.15) is 17.3 Å². The van der Waals surface area contributed by atoms with Crippen LogP contribution in [0.1, 0.15) is 32.6 Å². The Morgan fingerprint density at radius 1 is 1.30 bits per heavy atom. The molecular weight excluding hydrogens is 409 g/mol. The normalized spacial score (nSPS) is 26.3. The minimum atomic E-state index is -0.386. The number of nitrogens with one attached hydrogen (secondary N) is 1. The highest BCUT2D eigenvalue weighted by atomic mass is 35.5. The lowest BCUT2D eigenvalue weighted by molar-refractivity contribution is -0.122. The standard InChI is InChI=1S/C22H29ClFN3O3/c1-22(14-30-20-3-2-16(24)11-18(20)23)5-8-26(9-6-22)21(29)27-7-4-19-15(13-27)10-17(28)12-25-19/h2-3,11,15,19,25H,4-10,12-14H2,1H3/t15-,19+/m1/s1. The first-order valence-corrected chi connectivity index (χ1v) is 11.1. The average Bonchev–Trinajstić information content (AvgIpc) is 2.72. The molecule has 1 aromatic rings. The van der Waals surface area contributed by atoms with Gasteiger partial charge in [-0.25, -0.2) is 9.18 Å². The number of rotatable bonds is 3. The van der Waals surface area contributed by atoms with E-state index in [0.717, 1.165) is 25.8 Å². The zero-order valence-corrected chi connectivity index (χ0v) is 18.1. The maximum absolute atomic E-state index is 13.2. The van der Waals surface area contributed by atoms with Crippen LogP contribution in [0.2, 0.25) is 5.02 Å². The van der Waals surface area contributed by atoms with Gasteiger partial charge in [0.25, 0.3) is 0 Å². The molecule has 3 heterocycles. The van der Waals surface area contributed by atoms with E-state index in [-0.39, 0.29) is 34.0 Å². The van der Waals surface area contributed by atoms with E-state index in [1.165, 1.54) is 12.1 Å². The van der Waals surface area contributed by atoms with Gasteiger partial charge in [0.05, 0.1) is 18.2 Å². The van der Waals surface area contributed by atoms with Gasteiger partial charge in [-0.2, -0.15) is 0 Å². The zero-order valence-electron chi connectivity index (χ0n) is 17.3. The molecule has 6 nitrogen and oxygen atoms in total. The van der Waals surface area contributed by atoms with Gasteiger partial charge < -0.3 is 19.9 Å². The Kier molecular flexibility index (Phi) is 6.21. The number of carbonyl (C=O) groups excluding carboxylic acids is 2. The number of fused-ring (bicyclic) bond motifs is 1. The molecule has 3 fully saturated rings. The maximum Gasteiger partial charge on any atom is 0.320 e. The van der Waals surface area contributed by atoms with Crippen LogP contribution in [0.4, 0.5) is 9.18 Å². The molecule has 164 valence electrons. The summed E-state index contributed by atoms with van der Waals surface area (Å²) in [5.74, 6) is 0.563. The molecule has 2 amide bonds. The summed E-state index contributed by atoms with van der Waals surface area (Å²) >= 11 is 6.05. The molecule has 0 radical (unpaired) electrons. The highest BCUT2D eigenvalue weighted by Gasteiger charge is 2.39. The monoisotopic (exact) mass is 437 g/mol. The fourth-order valence-electron chi connectivity index (χ4n) is 4.72. The van der Waals surface area contributed by atoms with Crippen LogP contribution in [0, 0.1) is 17.2 Å². The number of amides is 2. The van der Waals surface area contributed by atoms with Crippen LogP contribution in [-0.4, -0.2) is 67.0 Å². The van der Waals surface area contributed by atoms with Crippen molar-refractivity contribution in [2.24, 2.45) is 11.3 Å². The first-order valence-electron chi connectivity index (χ1n) is 10.7. The first-order chi connectivity index (χ1) is 14.3. The molecule has 4 rings (SSSR count). The van der Waals surface area contributed by atoms with E-state index in [1.54, 1.807) is 6.07 Å². The van der Waals surface area contributed by atoms with Gasteiger partial charge in [-0.1, -0.05) is 18.5 Å². The highest BCUT2D eigenvalue weighted by Crippen LogP contribution is 2.34. The molecule has 0 saturated carbocycles. The molecule has 8 heteroatoms. The van der Waals surface area contributed by atoms with E-state index in [2.05, 4.69) is 12.2 Å². The summed E-state index contributed by atoms with van der Waals surface area (Å²) in [6, 6.07) is 4.57. The lowest BCUT2D eigenvalue weighted by Gasteiger charge is -2.45. The van der Waals surface area contributed by atoms with Crippen molar-refractivity contribution in [3.8, 4) is 5.75 Å². The van der Waals surface area contributed by atoms with Crippen molar-refractivity contribution in [3.05, 3.63) is 29.0 Å². The number of benzene rings is 1. The summed E-state index contributed by atoms with van der Waals surface area (Å²) in [5.41, 5.74) is -0.0683. The number of halogens is 2. The minimum Gasteiger partial charge on any atom is -0.491 e. The number of hydrogen-bond donors (Lipinski definition) is 1. The number of carbonyl (C=O) groups is 2. The van der Waals surface area contributed by atoms with Crippen LogP contribution in [0.15, 0.2) is 18.2 Å². The topological polar surface area (TPSA) is 61.9 Å². The summed E-state index contributed by atoms with van der Waals surface area (Å²) in [6.45, 7) is 5.84. The molecule has 3 aliphatic heterocycles. The lowest BCUT2D eigenvalue weighted by atomic mass is 9.81. The van der Waals surface area contributed by atoms with Crippen molar-refractivity contribution in [2.75, 3.05) is 39.3 Å². The fraction of sp³-hybridized carbons (Fsp3) is 0.636. The molecule has 30 heavy (non-hydrogen) atoms. The van der Waals surface area contributed by atoms with E-state index >= 15 is 0 Å². The second-order valence-electron chi connectivity index (χ2n) is 9.17. The van der Waals surface area contributed by atoms with Gasteiger partial charge in [0.15, 0.2) is 0 Å². The number of urea groups is 1. The number of hydrogen-bond acceptors (Lipinski definition) is 4. The van der Waals surface area contributed by atoms with Crippen LogP contribution in [0.3, 0.4) is 0 Å². The Bertz CT molecular complexity index is 813. The smallest absolute Gasteiger partial charge is 0.320 e. The quantitative estimate of drug-likeness (QED) is 0.787. The molecule has 3 saturated heterocycles. The largest absolute Gasteiger partial charge is 0.491 e. The Morgan fingerprint density at radius 2 is 2.07 bits per heavy atom. The average molecular weight is 438 g/mol. The summed E-state index contributed by atoms with van der Waals surface area (Å²) in [6.07, 6.45) is 3.14. The summed E-state index contributed by atoms with van der Waals surface area (Å²) < 4.78 is 19.1. The van der Waals surface area contributed by atoms with Crippen LogP contribution >= 0.6 is 11.6 Å². The summed E-state index contributed by atoms with van der Waals surface area (Å²) in [7, 11) is 0. The zero-order chi connectivity index (χ0) is 21.3. The van der Waals surface area contributed by atoms with E-state index in [4.69, 9.17) is 16.3 Å². The highest BCUT2D eigenvalue weighted by molar-refractivity contribution is 6.32. The predicted octanol–water partition coefficient (Wildman–Crippen LogP) is 3.33. The summed E-state index contributed by atoms with van der Waals surface area (Å²) in [5, 5.41) is 3.58. The Morgan fingerprint density at radius 3 is 2.80 bits per heavy atom. The van der Waals surface area contributed by atoms with E-state index < -0.39 is 0 Å². The Balaban J connectivity index is 1.28. The number of nitrogens with zero attached hydrogens (tertiary/aromatic N) is 2. The van der Waals surface area contributed by atoms with E-state index in [1.807, 2.05) is 9.80 Å². The molecule has 0 aromatic heterocycles. The van der Waals surface area contributed by atoms with E-state index in [0.29, 0.717) is 51.0 Å². The third kappa shape index (κ3) is 4.72. The second-order valence-corrected chi connectivity index (χ2v) is 9.58. The van der Waals surface area contributed by atoms with Crippen LogP contribution in [0.5, 0.6) is 5.75 Å². The van der Waals surface area contributed by atoms with E-state index in [9.17, 15) is 14.0 Å². The van der Waals surface area contributed by atoms with Gasteiger partial charge in [-0.15, -0.1) is 0 Å². The van der Waals surface area contributed by atoms with Gasteiger partial charge in [-0.05, 0) is 43.4 Å². The SMILES string of the molecule is CC1(COc2ccc(F)cc2Cl)CCN(C(=O)N2CC[C@@H]3NCC(=O)C[C@@H]3C2)CC1. The first kappa shape index (κ1) is 21.4. The molecule has 1 N–H and O–H groups in total. The fourth-order valence-corrected chi connectivity index (χ4v) is 4.94. The van der Waals surface area contributed by atoms with Gasteiger partial charge in [0.2, 0.25) is 0 Å². The van der Waals surface area contributed by atoms with Gasteiger partial charge in [0, 0.05) is 44.1 Å². The molecule has 2 atom stereocenters. The van der Waals surface area contributed by atoms with Crippen LogP contribution in [-0.2, 0) is 4.79 Å².